The SMILES string of the molecule is Cc1cccc(NC(=O)C(=O)NCC2CCN(C(=O)Oc3ccccc3)CC2)c1C. The van der Waals surface area contributed by atoms with Crippen LogP contribution in [-0.4, -0.2) is 42.4 Å². The number of para-hydroxylation sites is 1. The second kappa shape index (κ2) is 9.91. The Balaban J connectivity index is 1.40. The van der Waals surface area contributed by atoms with Gasteiger partial charge in [-0.15, -0.1) is 0 Å². The van der Waals surface area contributed by atoms with Crippen LogP contribution in [-0.2, 0) is 9.59 Å². The second-order valence-corrected chi connectivity index (χ2v) is 7.52. The lowest BCUT2D eigenvalue weighted by Crippen LogP contribution is -2.44. The first kappa shape index (κ1) is 21.4. The predicted molar refractivity (Wildman–Crippen MR) is 114 cm³/mol. The summed E-state index contributed by atoms with van der Waals surface area (Å²) >= 11 is 0. The third kappa shape index (κ3) is 5.59. The molecule has 0 bridgehead atoms. The standard InChI is InChI=1S/C23H27N3O4/c1-16-7-6-10-20(17(16)2)25-22(28)21(27)24-15-18-11-13-26(14-12-18)23(29)30-19-8-4-3-5-9-19/h3-10,18H,11-15H2,1-2H3,(H,24,27)(H,25,28). The molecule has 2 aromatic rings. The van der Waals surface area contributed by atoms with Crippen LogP contribution in [0.25, 0.3) is 0 Å². The Morgan fingerprint density at radius 2 is 1.67 bits per heavy atom. The summed E-state index contributed by atoms with van der Waals surface area (Å²) in [4.78, 5) is 38.2. The molecule has 1 saturated heterocycles. The normalized spacial score (nSPS) is 14.1. The number of benzene rings is 2. The number of amides is 3. The number of carbonyl (C=O) groups is 3. The molecule has 7 nitrogen and oxygen atoms in total. The van der Waals surface area contributed by atoms with Gasteiger partial charge in [-0.2, -0.15) is 0 Å². The van der Waals surface area contributed by atoms with Gasteiger partial charge in [0, 0.05) is 25.3 Å². The highest BCUT2D eigenvalue weighted by Gasteiger charge is 2.25. The van der Waals surface area contributed by atoms with Crippen molar-refractivity contribution in [3.8, 4) is 5.75 Å². The van der Waals surface area contributed by atoms with Crippen LogP contribution < -0.4 is 15.4 Å². The fraction of sp³-hybridized carbons (Fsp3) is 0.348. The third-order valence-corrected chi connectivity index (χ3v) is 5.43. The summed E-state index contributed by atoms with van der Waals surface area (Å²) in [6, 6.07) is 14.5. The topological polar surface area (TPSA) is 87.7 Å². The van der Waals surface area contributed by atoms with Crippen molar-refractivity contribution in [1.29, 1.82) is 0 Å². The molecule has 0 spiro atoms. The van der Waals surface area contributed by atoms with E-state index in [9.17, 15) is 14.4 Å². The first-order chi connectivity index (χ1) is 14.4. The minimum Gasteiger partial charge on any atom is -0.410 e. The van der Waals surface area contributed by atoms with Crippen LogP contribution in [0, 0.1) is 19.8 Å². The van der Waals surface area contributed by atoms with Crippen molar-refractivity contribution in [3.05, 3.63) is 59.7 Å². The Labute approximate surface area is 176 Å². The Morgan fingerprint density at radius 1 is 0.967 bits per heavy atom. The predicted octanol–water partition coefficient (Wildman–Crippen LogP) is 3.27. The molecule has 3 amide bonds. The average Bonchev–Trinajstić information content (AvgIpc) is 2.76. The molecule has 2 aromatic carbocycles. The zero-order valence-electron chi connectivity index (χ0n) is 17.3. The number of nitrogens with one attached hydrogen (secondary N) is 2. The van der Waals surface area contributed by atoms with E-state index in [1.807, 2.05) is 44.2 Å². The first-order valence-corrected chi connectivity index (χ1v) is 10.1. The van der Waals surface area contributed by atoms with E-state index in [2.05, 4.69) is 10.6 Å². The van der Waals surface area contributed by atoms with Crippen LogP contribution in [0.4, 0.5) is 10.5 Å². The van der Waals surface area contributed by atoms with Crippen LogP contribution >= 0.6 is 0 Å². The lowest BCUT2D eigenvalue weighted by atomic mass is 9.97. The van der Waals surface area contributed by atoms with Crippen LogP contribution in [0.3, 0.4) is 0 Å². The first-order valence-electron chi connectivity index (χ1n) is 10.1. The molecule has 2 N–H and O–H groups in total. The van der Waals surface area contributed by atoms with Gasteiger partial charge in [0.25, 0.3) is 0 Å². The van der Waals surface area contributed by atoms with E-state index >= 15 is 0 Å². The van der Waals surface area contributed by atoms with Gasteiger partial charge >= 0.3 is 17.9 Å². The minimum absolute atomic E-state index is 0.211. The Morgan fingerprint density at radius 3 is 2.37 bits per heavy atom. The molecule has 30 heavy (non-hydrogen) atoms. The van der Waals surface area contributed by atoms with E-state index in [4.69, 9.17) is 4.74 Å². The molecule has 0 aromatic heterocycles. The lowest BCUT2D eigenvalue weighted by Gasteiger charge is -2.31. The van der Waals surface area contributed by atoms with E-state index in [0.29, 0.717) is 31.1 Å². The quantitative estimate of drug-likeness (QED) is 0.759. The van der Waals surface area contributed by atoms with Crippen molar-refractivity contribution >= 4 is 23.6 Å². The largest absolute Gasteiger partial charge is 0.415 e. The number of carbonyl (C=O) groups excluding carboxylic acids is 3. The highest BCUT2D eigenvalue weighted by molar-refractivity contribution is 6.39. The molecule has 0 aliphatic carbocycles. The van der Waals surface area contributed by atoms with E-state index < -0.39 is 11.8 Å². The number of aryl methyl sites for hydroxylation is 1. The molecule has 0 saturated carbocycles. The zero-order chi connectivity index (χ0) is 21.5. The summed E-state index contributed by atoms with van der Waals surface area (Å²) in [6.07, 6.45) is 1.11. The second-order valence-electron chi connectivity index (χ2n) is 7.52. The van der Waals surface area contributed by atoms with Gasteiger partial charge in [-0.25, -0.2) is 4.79 Å². The molecule has 0 radical (unpaired) electrons. The monoisotopic (exact) mass is 409 g/mol. The Kier molecular flexibility index (Phi) is 7.06. The molecule has 3 rings (SSSR count). The fourth-order valence-electron chi connectivity index (χ4n) is 3.36. The molecular weight excluding hydrogens is 382 g/mol. The molecule has 1 aliphatic heterocycles. The average molecular weight is 409 g/mol. The van der Waals surface area contributed by atoms with Gasteiger partial charge in [-0.1, -0.05) is 30.3 Å². The number of nitrogens with zero attached hydrogens (tertiary/aromatic N) is 1. The number of likely N-dealkylation sites (tertiary alicyclic amines) is 1. The summed E-state index contributed by atoms with van der Waals surface area (Å²) in [7, 11) is 0. The van der Waals surface area contributed by atoms with Crippen molar-refractivity contribution in [3.63, 3.8) is 0 Å². The molecule has 1 heterocycles. The van der Waals surface area contributed by atoms with Crippen LogP contribution in [0.5, 0.6) is 5.75 Å². The van der Waals surface area contributed by atoms with Crippen molar-refractivity contribution in [2.75, 3.05) is 25.0 Å². The van der Waals surface area contributed by atoms with Crippen LogP contribution in [0.1, 0.15) is 24.0 Å². The van der Waals surface area contributed by atoms with Crippen molar-refractivity contribution in [2.45, 2.75) is 26.7 Å². The number of rotatable bonds is 4. The maximum Gasteiger partial charge on any atom is 0.415 e. The molecule has 1 fully saturated rings. The van der Waals surface area contributed by atoms with Gasteiger partial charge in [0.1, 0.15) is 5.75 Å². The van der Waals surface area contributed by atoms with E-state index in [-0.39, 0.29) is 12.0 Å². The summed E-state index contributed by atoms with van der Waals surface area (Å²) in [5, 5.41) is 5.37. The maximum atomic E-state index is 12.2. The summed E-state index contributed by atoms with van der Waals surface area (Å²) in [5.41, 5.74) is 2.62. The number of ether oxygens (including phenoxy) is 1. The Bertz CT molecular complexity index is 906. The maximum absolute atomic E-state index is 12.2. The number of piperidine rings is 1. The van der Waals surface area contributed by atoms with Crippen molar-refractivity contribution < 1.29 is 19.1 Å². The molecule has 158 valence electrons. The van der Waals surface area contributed by atoms with Gasteiger partial charge in [0.15, 0.2) is 0 Å². The van der Waals surface area contributed by atoms with Gasteiger partial charge in [-0.05, 0) is 61.9 Å². The summed E-state index contributed by atoms with van der Waals surface area (Å²) in [5.74, 6) is -0.593. The van der Waals surface area contributed by atoms with E-state index in [1.54, 1.807) is 23.1 Å². The number of hydrogen-bond acceptors (Lipinski definition) is 4. The van der Waals surface area contributed by atoms with Gasteiger partial charge in [0.05, 0.1) is 0 Å². The number of anilines is 1. The van der Waals surface area contributed by atoms with Crippen LogP contribution in [0.2, 0.25) is 0 Å². The molecule has 7 heteroatoms. The number of hydrogen-bond donors (Lipinski definition) is 2. The molecule has 0 atom stereocenters. The summed E-state index contributed by atoms with van der Waals surface area (Å²) < 4.78 is 5.36. The summed E-state index contributed by atoms with van der Waals surface area (Å²) in [6.45, 7) is 5.37. The highest BCUT2D eigenvalue weighted by atomic mass is 16.6. The molecule has 0 unspecified atom stereocenters. The van der Waals surface area contributed by atoms with Gasteiger partial charge in [0.2, 0.25) is 0 Å². The Hall–Kier alpha value is -3.35. The third-order valence-electron chi connectivity index (χ3n) is 5.43. The van der Waals surface area contributed by atoms with Crippen LogP contribution in [0.15, 0.2) is 48.5 Å². The van der Waals surface area contributed by atoms with Gasteiger partial charge in [-0.3, -0.25) is 9.59 Å². The smallest absolute Gasteiger partial charge is 0.410 e. The lowest BCUT2D eigenvalue weighted by molar-refractivity contribution is -0.136. The van der Waals surface area contributed by atoms with E-state index in [1.165, 1.54) is 0 Å². The van der Waals surface area contributed by atoms with E-state index in [0.717, 1.165) is 24.0 Å². The highest BCUT2D eigenvalue weighted by Crippen LogP contribution is 2.19. The zero-order valence-corrected chi connectivity index (χ0v) is 17.3. The molecule has 1 aliphatic rings. The van der Waals surface area contributed by atoms with Crippen molar-refractivity contribution in [2.24, 2.45) is 5.92 Å². The molecular formula is C23H27N3O4. The minimum atomic E-state index is -0.674. The van der Waals surface area contributed by atoms with Crippen molar-refractivity contribution in [1.82, 2.24) is 10.2 Å². The van der Waals surface area contributed by atoms with Gasteiger partial charge < -0.3 is 20.3 Å². The fourth-order valence-corrected chi connectivity index (χ4v) is 3.36.